The van der Waals surface area contributed by atoms with Crippen LogP contribution in [-0.4, -0.2) is 36.7 Å². The molecular weight excluding hydrogens is 352 g/mol. The largest absolute Gasteiger partial charge is 0.311 e. The van der Waals surface area contributed by atoms with Gasteiger partial charge < -0.3 is 9.80 Å². The number of hydrogen-bond acceptors (Lipinski definition) is 3. The molecule has 0 radical (unpaired) electrons. The van der Waals surface area contributed by atoms with Crippen molar-refractivity contribution in [3.05, 3.63) is 59.1 Å². The zero-order valence-corrected chi connectivity index (χ0v) is 16.0. The molecule has 3 nitrogen and oxygen atoms in total. The number of unbranched alkanes of at least 4 members (excludes halogenated alkanes) is 1. The average Bonchev–Trinajstić information content (AvgIpc) is 2.62. The van der Waals surface area contributed by atoms with Gasteiger partial charge in [-0.2, -0.15) is 0 Å². The van der Waals surface area contributed by atoms with Crippen molar-refractivity contribution in [2.24, 2.45) is 0 Å². The molecule has 0 saturated heterocycles. The van der Waals surface area contributed by atoms with Gasteiger partial charge >= 0.3 is 0 Å². The fourth-order valence-corrected chi connectivity index (χ4v) is 4.09. The van der Waals surface area contributed by atoms with Crippen LogP contribution in [0.5, 0.6) is 0 Å². The molecule has 0 atom stereocenters. The maximum Gasteiger partial charge on any atom is 0.237 e. The summed E-state index contributed by atoms with van der Waals surface area (Å²) < 4.78 is 0. The van der Waals surface area contributed by atoms with Crippen molar-refractivity contribution < 1.29 is 4.79 Å². The predicted molar refractivity (Wildman–Crippen MR) is 107 cm³/mol. The molecule has 0 fully saturated rings. The molecule has 0 N–H and O–H groups in total. The standard InChI is InChI=1S/C20H23ClN2OS/c1-22(14-16-8-10-17(21)11-9-16)12-4-5-13-23-18-6-2-3-7-19(18)25-15-20(23)24/h2-3,6-11H,4-5,12-15H2,1H3. The van der Waals surface area contributed by atoms with Gasteiger partial charge in [-0.3, -0.25) is 4.79 Å². The minimum absolute atomic E-state index is 0.221. The SMILES string of the molecule is CN(CCCCN1C(=O)CSc2ccccc21)Cc1ccc(Cl)cc1. The number of nitrogens with zero attached hydrogens (tertiary/aromatic N) is 2. The van der Waals surface area contributed by atoms with Crippen molar-refractivity contribution in [3.8, 4) is 0 Å². The number of fused-ring (bicyclic) bond motifs is 1. The van der Waals surface area contributed by atoms with Crippen LogP contribution in [0.4, 0.5) is 5.69 Å². The van der Waals surface area contributed by atoms with Gasteiger partial charge in [-0.05, 0) is 56.3 Å². The third-order valence-electron chi connectivity index (χ3n) is 4.35. The maximum absolute atomic E-state index is 12.2. The van der Waals surface area contributed by atoms with Crippen molar-refractivity contribution in [1.29, 1.82) is 0 Å². The number of thioether (sulfide) groups is 1. The quantitative estimate of drug-likeness (QED) is 0.657. The zero-order valence-electron chi connectivity index (χ0n) is 14.5. The van der Waals surface area contributed by atoms with Crippen molar-refractivity contribution in [1.82, 2.24) is 4.90 Å². The normalized spacial score (nSPS) is 14.0. The van der Waals surface area contributed by atoms with E-state index in [0.29, 0.717) is 5.75 Å². The molecule has 1 heterocycles. The van der Waals surface area contributed by atoms with Crippen LogP contribution < -0.4 is 4.90 Å². The highest BCUT2D eigenvalue weighted by Crippen LogP contribution is 2.34. The lowest BCUT2D eigenvalue weighted by molar-refractivity contribution is -0.116. The second-order valence-corrected chi connectivity index (χ2v) is 7.83. The van der Waals surface area contributed by atoms with E-state index < -0.39 is 0 Å². The number of rotatable bonds is 7. The lowest BCUT2D eigenvalue weighted by atomic mass is 10.2. The van der Waals surface area contributed by atoms with Gasteiger partial charge in [0.2, 0.25) is 5.91 Å². The Morgan fingerprint density at radius 3 is 2.68 bits per heavy atom. The van der Waals surface area contributed by atoms with E-state index in [1.165, 1.54) is 10.5 Å². The van der Waals surface area contributed by atoms with Gasteiger partial charge in [0.05, 0.1) is 11.4 Å². The second kappa shape index (κ2) is 8.75. The minimum atomic E-state index is 0.221. The lowest BCUT2D eigenvalue weighted by Crippen LogP contribution is -2.36. The van der Waals surface area contributed by atoms with Gasteiger partial charge in [0, 0.05) is 23.0 Å². The van der Waals surface area contributed by atoms with Crippen LogP contribution in [0, 0.1) is 0 Å². The summed E-state index contributed by atoms with van der Waals surface area (Å²) in [6.07, 6.45) is 2.08. The summed E-state index contributed by atoms with van der Waals surface area (Å²) >= 11 is 7.56. The van der Waals surface area contributed by atoms with E-state index >= 15 is 0 Å². The Hall–Kier alpha value is -1.49. The Bertz CT molecular complexity index is 720. The van der Waals surface area contributed by atoms with Crippen LogP contribution in [0.2, 0.25) is 5.02 Å². The molecule has 0 aliphatic carbocycles. The van der Waals surface area contributed by atoms with E-state index in [-0.39, 0.29) is 5.91 Å². The minimum Gasteiger partial charge on any atom is -0.311 e. The highest BCUT2D eigenvalue weighted by Gasteiger charge is 2.23. The van der Waals surface area contributed by atoms with Crippen LogP contribution >= 0.6 is 23.4 Å². The summed E-state index contributed by atoms with van der Waals surface area (Å²) in [5.74, 6) is 0.770. The summed E-state index contributed by atoms with van der Waals surface area (Å²) in [6, 6.07) is 16.2. The lowest BCUT2D eigenvalue weighted by Gasteiger charge is -2.29. The Morgan fingerprint density at radius 2 is 1.88 bits per heavy atom. The maximum atomic E-state index is 12.2. The van der Waals surface area contributed by atoms with Gasteiger partial charge in [-0.15, -0.1) is 11.8 Å². The number of carbonyl (C=O) groups is 1. The third-order valence-corrected chi connectivity index (χ3v) is 5.65. The Kier molecular flexibility index (Phi) is 6.40. The van der Waals surface area contributed by atoms with Crippen molar-refractivity contribution in [2.75, 3.05) is 30.8 Å². The molecule has 0 spiro atoms. The van der Waals surface area contributed by atoms with Crippen molar-refractivity contribution in [3.63, 3.8) is 0 Å². The molecule has 3 rings (SSSR count). The Morgan fingerprint density at radius 1 is 1.12 bits per heavy atom. The molecule has 132 valence electrons. The van der Waals surface area contributed by atoms with Gasteiger partial charge in [0.1, 0.15) is 0 Å². The van der Waals surface area contributed by atoms with Crippen molar-refractivity contribution in [2.45, 2.75) is 24.3 Å². The average molecular weight is 375 g/mol. The topological polar surface area (TPSA) is 23.6 Å². The monoisotopic (exact) mass is 374 g/mol. The van der Waals surface area contributed by atoms with Gasteiger partial charge in [0.25, 0.3) is 0 Å². The number of hydrogen-bond donors (Lipinski definition) is 0. The molecule has 0 unspecified atom stereocenters. The molecule has 2 aromatic rings. The van der Waals surface area contributed by atoms with E-state index in [4.69, 9.17) is 11.6 Å². The first-order valence-corrected chi connectivity index (χ1v) is 9.95. The van der Waals surface area contributed by atoms with Crippen LogP contribution in [0.15, 0.2) is 53.4 Å². The summed E-state index contributed by atoms with van der Waals surface area (Å²) in [6.45, 7) is 2.73. The Labute approximate surface area is 159 Å². The van der Waals surface area contributed by atoms with E-state index in [1.807, 2.05) is 35.2 Å². The number of carbonyl (C=O) groups excluding carboxylic acids is 1. The van der Waals surface area contributed by atoms with E-state index in [1.54, 1.807) is 11.8 Å². The highest BCUT2D eigenvalue weighted by atomic mass is 35.5. The van der Waals surface area contributed by atoms with Gasteiger partial charge in [-0.25, -0.2) is 0 Å². The predicted octanol–water partition coefficient (Wildman–Crippen LogP) is 4.69. The molecule has 25 heavy (non-hydrogen) atoms. The number of amides is 1. The summed E-state index contributed by atoms with van der Waals surface area (Å²) in [4.78, 5) is 17.7. The number of benzene rings is 2. The molecule has 0 saturated carbocycles. The summed E-state index contributed by atoms with van der Waals surface area (Å²) in [5, 5.41) is 0.774. The first-order chi connectivity index (χ1) is 12.1. The van der Waals surface area contributed by atoms with Crippen LogP contribution in [-0.2, 0) is 11.3 Å². The number of para-hydroxylation sites is 1. The summed E-state index contributed by atoms with van der Waals surface area (Å²) in [7, 11) is 2.13. The molecular formula is C20H23ClN2OS. The molecule has 1 amide bonds. The second-order valence-electron chi connectivity index (χ2n) is 6.37. The molecule has 0 aromatic heterocycles. The van der Waals surface area contributed by atoms with Crippen LogP contribution in [0.1, 0.15) is 18.4 Å². The van der Waals surface area contributed by atoms with E-state index in [9.17, 15) is 4.79 Å². The highest BCUT2D eigenvalue weighted by molar-refractivity contribution is 8.00. The number of halogens is 1. The summed E-state index contributed by atoms with van der Waals surface area (Å²) in [5.41, 5.74) is 2.34. The van der Waals surface area contributed by atoms with E-state index in [2.05, 4.69) is 30.1 Å². The van der Waals surface area contributed by atoms with Crippen LogP contribution in [0.3, 0.4) is 0 Å². The first kappa shape index (κ1) is 18.3. The van der Waals surface area contributed by atoms with Gasteiger partial charge in [0.15, 0.2) is 0 Å². The molecule has 1 aliphatic heterocycles. The fourth-order valence-electron chi connectivity index (χ4n) is 3.03. The third kappa shape index (κ3) is 5.00. The molecule has 5 heteroatoms. The van der Waals surface area contributed by atoms with Gasteiger partial charge in [-0.1, -0.05) is 35.9 Å². The number of anilines is 1. The molecule has 0 bridgehead atoms. The smallest absolute Gasteiger partial charge is 0.237 e. The fraction of sp³-hybridized carbons (Fsp3) is 0.350. The Balaban J connectivity index is 1.45. The molecule has 1 aliphatic rings. The van der Waals surface area contributed by atoms with Crippen molar-refractivity contribution >= 4 is 35.0 Å². The zero-order chi connectivity index (χ0) is 17.6. The molecule has 2 aromatic carbocycles. The van der Waals surface area contributed by atoms with Crippen LogP contribution in [0.25, 0.3) is 0 Å². The first-order valence-electron chi connectivity index (χ1n) is 8.58. The van der Waals surface area contributed by atoms with E-state index in [0.717, 1.165) is 43.2 Å².